The van der Waals surface area contributed by atoms with Crippen LogP contribution < -0.4 is 5.14 Å². The zero-order chi connectivity index (χ0) is 15.6. The molecular formula is C16H21N3O2S. The van der Waals surface area contributed by atoms with Crippen molar-refractivity contribution in [2.75, 3.05) is 18.8 Å². The SMILES string of the molecule is NS(=O)(=O)CCCN1CCn2cccc2[C@@H]1c1ccccc1. The van der Waals surface area contributed by atoms with Crippen LogP contribution in [0, 0.1) is 0 Å². The van der Waals surface area contributed by atoms with Crippen molar-refractivity contribution in [3.05, 3.63) is 59.9 Å². The number of aromatic nitrogens is 1. The molecule has 2 N–H and O–H groups in total. The van der Waals surface area contributed by atoms with Gasteiger partial charge < -0.3 is 4.57 Å². The third kappa shape index (κ3) is 3.40. The van der Waals surface area contributed by atoms with Gasteiger partial charge in [-0.05, 0) is 24.1 Å². The van der Waals surface area contributed by atoms with Crippen molar-refractivity contribution in [1.82, 2.24) is 9.47 Å². The van der Waals surface area contributed by atoms with Crippen LogP contribution in [0.1, 0.15) is 23.7 Å². The smallest absolute Gasteiger partial charge is 0.209 e. The molecule has 2 heterocycles. The van der Waals surface area contributed by atoms with Crippen molar-refractivity contribution >= 4 is 10.0 Å². The third-order valence-electron chi connectivity index (χ3n) is 4.13. The van der Waals surface area contributed by atoms with E-state index in [1.54, 1.807) is 0 Å². The highest BCUT2D eigenvalue weighted by Gasteiger charge is 2.28. The summed E-state index contributed by atoms with van der Waals surface area (Å²) in [6.07, 6.45) is 2.66. The van der Waals surface area contributed by atoms with E-state index in [0.29, 0.717) is 6.42 Å². The summed E-state index contributed by atoms with van der Waals surface area (Å²) >= 11 is 0. The molecule has 5 nitrogen and oxygen atoms in total. The molecule has 0 saturated carbocycles. The summed E-state index contributed by atoms with van der Waals surface area (Å²) in [5, 5.41) is 5.11. The summed E-state index contributed by atoms with van der Waals surface area (Å²) in [5.74, 6) is 0.0338. The van der Waals surface area contributed by atoms with Gasteiger partial charge in [-0.2, -0.15) is 0 Å². The Morgan fingerprint density at radius 3 is 2.59 bits per heavy atom. The van der Waals surface area contributed by atoms with Crippen molar-refractivity contribution in [3.63, 3.8) is 0 Å². The number of rotatable bonds is 5. The molecule has 3 rings (SSSR count). The first kappa shape index (κ1) is 15.3. The Balaban J connectivity index is 1.83. The van der Waals surface area contributed by atoms with E-state index in [1.807, 2.05) is 18.2 Å². The van der Waals surface area contributed by atoms with E-state index in [0.717, 1.165) is 19.6 Å². The molecule has 1 aromatic heterocycles. The average molecular weight is 319 g/mol. The number of primary sulfonamides is 1. The van der Waals surface area contributed by atoms with Crippen molar-refractivity contribution < 1.29 is 8.42 Å². The lowest BCUT2D eigenvalue weighted by Crippen LogP contribution is -2.39. The Hall–Kier alpha value is -1.63. The number of hydrogen-bond acceptors (Lipinski definition) is 3. The molecule has 6 heteroatoms. The number of sulfonamides is 1. The molecule has 0 unspecified atom stereocenters. The van der Waals surface area contributed by atoms with Crippen LogP contribution in [0.25, 0.3) is 0 Å². The number of nitrogens with two attached hydrogens (primary N) is 1. The maximum absolute atomic E-state index is 11.1. The van der Waals surface area contributed by atoms with Crippen molar-refractivity contribution in [2.45, 2.75) is 19.0 Å². The Bertz CT molecular complexity index is 725. The fourth-order valence-corrected chi connectivity index (χ4v) is 3.69. The maximum Gasteiger partial charge on any atom is 0.209 e. The van der Waals surface area contributed by atoms with Gasteiger partial charge in [-0.15, -0.1) is 0 Å². The molecule has 0 amide bonds. The molecule has 1 aromatic carbocycles. The van der Waals surface area contributed by atoms with Crippen molar-refractivity contribution in [1.29, 1.82) is 0 Å². The summed E-state index contributed by atoms with van der Waals surface area (Å²) in [6, 6.07) is 14.7. The van der Waals surface area contributed by atoms with Crippen LogP contribution in [-0.4, -0.2) is 36.7 Å². The lowest BCUT2D eigenvalue weighted by Gasteiger charge is -2.37. The normalized spacial score (nSPS) is 19.0. The van der Waals surface area contributed by atoms with Crippen LogP contribution in [0.15, 0.2) is 48.7 Å². The van der Waals surface area contributed by atoms with Crippen LogP contribution in [0.5, 0.6) is 0 Å². The Kier molecular flexibility index (Phi) is 4.33. The van der Waals surface area contributed by atoms with Crippen LogP contribution in [0.2, 0.25) is 0 Å². The molecule has 0 saturated heterocycles. The highest BCUT2D eigenvalue weighted by molar-refractivity contribution is 7.89. The summed E-state index contributed by atoms with van der Waals surface area (Å²) in [7, 11) is -3.39. The van der Waals surface area contributed by atoms with Gasteiger partial charge in [0.05, 0.1) is 11.8 Å². The summed E-state index contributed by atoms with van der Waals surface area (Å²) in [5.41, 5.74) is 2.49. The first-order valence-corrected chi connectivity index (χ1v) is 9.21. The molecule has 22 heavy (non-hydrogen) atoms. The van der Waals surface area contributed by atoms with Gasteiger partial charge in [-0.1, -0.05) is 30.3 Å². The lowest BCUT2D eigenvalue weighted by molar-refractivity contribution is 0.184. The van der Waals surface area contributed by atoms with Gasteiger partial charge in [0.1, 0.15) is 0 Å². The minimum atomic E-state index is -3.39. The fraction of sp³-hybridized carbons (Fsp3) is 0.375. The van der Waals surface area contributed by atoms with E-state index in [9.17, 15) is 8.42 Å². The second kappa shape index (κ2) is 6.24. The Morgan fingerprint density at radius 1 is 1.09 bits per heavy atom. The molecule has 1 aliphatic rings. The van der Waals surface area contributed by atoms with Gasteiger partial charge in [0.25, 0.3) is 0 Å². The molecular weight excluding hydrogens is 298 g/mol. The monoisotopic (exact) mass is 319 g/mol. The topological polar surface area (TPSA) is 68.3 Å². The minimum Gasteiger partial charge on any atom is -0.348 e. The standard InChI is InChI=1S/C16H21N3O2S/c17-22(20,21)13-5-10-19-12-11-18-9-4-8-15(18)16(19)14-6-2-1-3-7-14/h1-4,6-9,16H,5,10-13H2,(H2,17,20,21)/t16-/m0/s1. The first-order chi connectivity index (χ1) is 10.5. The minimum absolute atomic E-state index is 0.0338. The van der Waals surface area contributed by atoms with Gasteiger partial charge in [0, 0.05) is 31.5 Å². The predicted molar refractivity (Wildman–Crippen MR) is 86.9 cm³/mol. The molecule has 118 valence electrons. The van der Waals surface area contributed by atoms with E-state index < -0.39 is 10.0 Å². The second-order valence-corrected chi connectivity index (χ2v) is 7.43. The molecule has 1 atom stereocenters. The van der Waals surface area contributed by atoms with Crippen LogP contribution in [-0.2, 0) is 16.6 Å². The fourth-order valence-electron chi connectivity index (χ4n) is 3.16. The largest absolute Gasteiger partial charge is 0.348 e. The average Bonchev–Trinajstić information content (AvgIpc) is 2.95. The van der Waals surface area contributed by atoms with E-state index in [1.165, 1.54) is 11.3 Å². The Morgan fingerprint density at radius 2 is 1.86 bits per heavy atom. The van der Waals surface area contributed by atoms with Gasteiger partial charge in [0.2, 0.25) is 10.0 Å². The highest BCUT2D eigenvalue weighted by Crippen LogP contribution is 2.32. The van der Waals surface area contributed by atoms with E-state index in [-0.39, 0.29) is 11.8 Å². The molecule has 0 radical (unpaired) electrons. The first-order valence-electron chi connectivity index (χ1n) is 7.49. The summed E-state index contributed by atoms with van der Waals surface area (Å²) in [6.45, 7) is 2.56. The molecule has 0 bridgehead atoms. The van der Waals surface area contributed by atoms with Crippen molar-refractivity contribution in [3.8, 4) is 0 Å². The maximum atomic E-state index is 11.1. The van der Waals surface area contributed by atoms with Gasteiger partial charge in [-0.25, -0.2) is 13.6 Å². The van der Waals surface area contributed by atoms with Crippen LogP contribution in [0.4, 0.5) is 0 Å². The molecule has 1 aliphatic heterocycles. The summed E-state index contributed by atoms with van der Waals surface area (Å²) in [4.78, 5) is 2.34. The molecule has 2 aromatic rings. The zero-order valence-corrected chi connectivity index (χ0v) is 13.2. The van der Waals surface area contributed by atoms with Crippen molar-refractivity contribution in [2.24, 2.45) is 5.14 Å². The zero-order valence-electron chi connectivity index (χ0n) is 12.4. The number of benzene rings is 1. The Labute approximate surface area is 131 Å². The van der Waals surface area contributed by atoms with E-state index >= 15 is 0 Å². The van der Waals surface area contributed by atoms with Gasteiger partial charge in [0.15, 0.2) is 0 Å². The van der Waals surface area contributed by atoms with Gasteiger partial charge >= 0.3 is 0 Å². The predicted octanol–water partition coefficient (Wildman–Crippen LogP) is 1.57. The quantitative estimate of drug-likeness (QED) is 0.909. The third-order valence-corrected chi connectivity index (χ3v) is 4.99. The molecule has 0 fully saturated rings. The van der Waals surface area contributed by atoms with E-state index in [2.05, 4.69) is 39.9 Å². The van der Waals surface area contributed by atoms with E-state index in [4.69, 9.17) is 5.14 Å². The molecule has 0 spiro atoms. The highest BCUT2D eigenvalue weighted by atomic mass is 32.2. The second-order valence-electron chi connectivity index (χ2n) is 5.70. The number of fused-ring (bicyclic) bond motifs is 1. The van der Waals surface area contributed by atoms with Crippen LogP contribution in [0.3, 0.4) is 0 Å². The lowest BCUT2D eigenvalue weighted by atomic mass is 10.00. The molecule has 0 aliphatic carbocycles. The number of nitrogens with zero attached hydrogens (tertiary/aromatic N) is 2. The van der Waals surface area contributed by atoms with Gasteiger partial charge in [-0.3, -0.25) is 4.90 Å². The summed E-state index contributed by atoms with van der Waals surface area (Å²) < 4.78 is 24.5. The number of hydrogen-bond donors (Lipinski definition) is 1. The van der Waals surface area contributed by atoms with Crippen LogP contribution >= 0.6 is 0 Å².